The Bertz CT molecular complexity index is 287. The highest BCUT2D eigenvalue weighted by Crippen LogP contribution is 2.06. The third-order valence-corrected chi connectivity index (χ3v) is 2.21. The number of allylic oxidation sites excluding steroid dienone is 3. The highest BCUT2D eigenvalue weighted by atomic mass is 16.5. The van der Waals surface area contributed by atoms with E-state index < -0.39 is 0 Å². The molecule has 0 N–H and O–H groups in total. The van der Waals surface area contributed by atoms with Crippen LogP contribution in [0.4, 0.5) is 0 Å². The minimum absolute atomic E-state index is 0.177. The smallest absolute Gasteiger partial charge is 0.320 e. The van der Waals surface area contributed by atoms with Gasteiger partial charge in [0.15, 0.2) is 0 Å². The third-order valence-electron chi connectivity index (χ3n) is 2.21. The maximum atomic E-state index is 11.2. The summed E-state index contributed by atoms with van der Waals surface area (Å²) in [5.74, 6) is -0.177. The van der Waals surface area contributed by atoms with Gasteiger partial charge in [-0.1, -0.05) is 17.2 Å². The summed E-state index contributed by atoms with van der Waals surface area (Å²) in [7, 11) is 3.70. The van der Waals surface area contributed by atoms with Crippen LogP contribution in [0.25, 0.3) is 0 Å². The van der Waals surface area contributed by atoms with Gasteiger partial charge in [0, 0.05) is 0 Å². The van der Waals surface area contributed by atoms with Crippen molar-refractivity contribution in [2.45, 2.75) is 33.6 Å². The first-order valence-electron chi connectivity index (χ1n) is 6.01. The van der Waals surface area contributed by atoms with E-state index in [1.807, 2.05) is 20.2 Å². The molecule has 3 nitrogen and oxygen atoms in total. The van der Waals surface area contributed by atoms with E-state index in [9.17, 15) is 4.79 Å². The van der Waals surface area contributed by atoms with Crippen molar-refractivity contribution in [3.63, 3.8) is 0 Å². The Morgan fingerprint density at radius 3 is 2.35 bits per heavy atom. The van der Waals surface area contributed by atoms with Gasteiger partial charge in [-0.3, -0.25) is 9.69 Å². The Balaban J connectivity index is 3.76. The molecule has 0 fully saturated rings. The normalized spacial score (nSPS) is 11.5. The molecule has 0 heterocycles. The summed E-state index contributed by atoms with van der Waals surface area (Å²) in [5, 5.41) is 0. The lowest BCUT2D eigenvalue weighted by Gasteiger charge is -2.08. The SMILES string of the molecule is CC(C)=CCC/C(C)=C/COC(=O)CN(C)C. The highest BCUT2D eigenvalue weighted by molar-refractivity contribution is 5.71. The molecule has 17 heavy (non-hydrogen) atoms. The van der Waals surface area contributed by atoms with Gasteiger partial charge in [-0.25, -0.2) is 0 Å². The van der Waals surface area contributed by atoms with Gasteiger partial charge < -0.3 is 4.74 Å². The fourth-order valence-corrected chi connectivity index (χ4v) is 1.27. The Hall–Kier alpha value is -1.09. The number of rotatable bonds is 7. The molecule has 0 unspecified atom stereocenters. The zero-order chi connectivity index (χ0) is 13.3. The molecule has 3 heteroatoms. The zero-order valence-electron chi connectivity index (χ0n) is 11.7. The van der Waals surface area contributed by atoms with Crippen molar-refractivity contribution < 1.29 is 9.53 Å². The maximum Gasteiger partial charge on any atom is 0.320 e. The number of likely N-dealkylation sites (N-methyl/N-ethyl adjacent to an activating group) is 1. The number of hydrogen-bond donors (Lipinski definition) is 0. The van der Waals surface area contributed by atoms with Gasteiger partial charge >= 0.3 is 5.97 Å². The van der Waals surface area contributed by atoms with Crippen molar-refractivity contribution in [1.29, 1.82) is 0 Å². The molecule has 0 aromatic carbocycles. The van der Waals surface area contributed by atoms with Crippen LogP contribution in [0.15, 0.2) is 23.3 Å². The average Bonchev–Trinajstić information content (AvgIpc) is 2.15. The topological polar surface area (TPSA) is 29.5 Å². The van der Waals surface area contributed by atoms with Gasteiger partial charge in [-0.15, -0.1) is 0 Å². The van der Waals surface area contributed by atoms with E-state index in [1.54, 1.807) is 4.90 Å². The summed E-state index contributed by atoms with van der Waals surface area (Å²) in [5.41, 5.74) is 2.61. The average molecular weight is 239 g/mol. The van der Waals surface area contributed by atoms with Crippen LogP contribution >= 0.6 is 0 Å². The van der Waals surface area contributed by atoms with Gasteiger partial charge in [-0.2, -0.15) is 0 Å². The molecule has 0 rings (SSSR count). The number of carbonyl (C=O) groups excluding carboxylic acids is 1. The highest BCUT2D eigenvalue weighted by Gasteiger charge is 2.02. The molecule has 0 atom stereocenters. The van der Waals surface area contributed by atoms with Crippen LogP contribution < -0.4 is 0 Å². The van der Waals surface area contributed by atoms with Crippen molar-refractivity contribution in [1.82, 2.24) is 4.90 Å². The van der Waals surface area contributed by atoms with E-state index in [0.29, 0.717) is 13.2 Å². The van der Waals surface area contributed by atoms with Gasteiger partial charge in [0.2, 0.25) is 0 Å². The quantitative estimate of drug-likeness (QED) is 0.505. The predicted molar refractivity (Wildman–Crippen MR) is 71.9 cm³/mol. The standard InChI is InChI=1S/C14H25NO2/c1-12(2)7-6-8-13(3)9-10-17-14(16)11-15(4)5/h7,9H,6,8,10-11H2,1-5H3/b13-9+. The molecule has 98 valence electrons. The zero-order valence-corrected chi connectivity index (χ0v) is 11.7. The van der Waals surface area contributed by atoms with Gasteiger partial charge in [0.25, 0.3) is 0 Å². The van der Waals surface area contributed by atoms with E-state index >= 15 is 0 Å². The van der Waals surface area contributed by atoms with Crippen molar-refractivity contribution in [2.24, 2.45) is 0 Å². The van der Waals surface area contributed by atoms with Crippen LogP contribution in [0, 0.1) is 0 Å². The van der Waals surface area contributed by atoms with Gasteiger partial charge in [0.05, 0.1) is 6.54 Å². The molecular formula is C14H25NO2. The van der Waals surface area contributed by atoms with Crippen LogP contribution in [-0.4, -0.2) is 38.1 Å². The Morgan fingerprint density at radius 1 is 1.18 bits per heavy atom. The summed E-state index contributed by atoms with van der Waals surface area (Å²) in [6, 6.07) is 0. The number of nitrogens with zero attached hydrogens (tertiary/aromatic N) is 1. The van der Waals surface area contributed by atoms with E-state index in [4.69, 9.17) is 4.74 Å². The molecule has 0 aliphatic rings. The van der Waals surface area contributed by atoms with Crippen molar-refractivity contribution in [3.05, 3.63) is 23.3 Å². The van der Waals surface area contributed by atoms with Crippen LogP contribution in [0.3, 0.4) is 0 Å². The molecule has 0 aliphatic heterocycles. The minimum atomic E-state index is -0.177. The van der Waals surface area contributed by atoms with Crippen LogP contribution in [0.1, 0.15) is 33.6 Å². The van der Waals surface area contributed by atoms with Crippen LogP contribution in [0.2, 0.25) is 0 Å². The van der Waals surface area contributed by atoms with Crippen molar-refractivity contribution >= 4 is 5.97 Å². The van der Waals surface area contributed by atoms with Gasteiger partial charge in [0.1, 0.15) is 6.61 Å². The van der Waals surface area contributed by atoms with E-state index in [2.05, 4.69) is 26.8 Å². The second-order valence-corrected chi connectivity index (χ2v) is 4.79. The fraction of sp³-hybridized carbons (Fsp3) is 0.643. The molecule has 0 bridgehead atoms. The number of ether oxygens (including phenoxy) is 1. The summed E-state index contributed by atoms with van der Waals surface area (Å²) >= 11 is 0. The minimum Gasteiger partial charge on any atom is -0.460 e. The number of esters is 1. The Kier molecular flexibility index (Phi) is 8.42. The lowest BCUT2D eigenvalue weighted by atomic mass is 10.1. The molecule has 0 saturated carbocycles. The first-order chi connectivity index (χ1) is 7.91. The summed E-state index contributed by atoms with van der Waals surface area (Å²) < 4.78 is 5.08. The first-order valence-corrected chi connectivity index (χ1v) is 6.01. The van der Waals surface area contributed by atoms with E-state index in [0.717, 1.165) is 12.8 Å². The largest absolute Gasteiger partial charge is 0.460 e. The third kappa shape index (κ3) is 11.2. The molecule has 0 aromatic heterocycles. The van der Waals surface area contributed by atoms with Crippen LogP contribution in [0.5, 0.6) is 0 Å². The maximum absolute atomic E-state index is 11.2. The molecule has 0 aromatic rings. The summed E-state index contributed by atoms with van der Waals surface area (Å²) in [6.07, 6.45) is 6.27. The Morgan fingerprint density at radius 2 is 1.82 bits per heavy atom. The van der Waals surface area contributed by atoms with Crippen LogP contribution in [-0.2, 0) is 9.53 Å². The first kappa shape index (κ1) is 15.9. The molecular weight excluding hydrogens is 214 g/mol. The Labute approximate surface area is 105 Å². The van der Waals surface area contributed by atoms with Crippen molar-refractivity contribution in [3.8, 4) is 0 Å². The molecule has 0 amide bonds. The number of hydrogen-bond acceptors (Lipinski definition) is 3. The molecule has 0 saturated heterocycles. The molecule has 0 radical (unpaired) electrons. The molecule has 0 aliphatic carbocycles. The lowest BCUT2D eigenvalue weighted by molar-refractivity contribution is -0.143. The lowest BCUT2D eigenvalue weighted by Crippen LogP contribution is -2.23. The van der Waals surface area contributed by atoms with Gasteiger partial charge in [-0.05, 0) is 53.8 Å². The number of carbonyl (C=O) groups is 1. The fourth-order valence-electron chi connectivity index (χ4n) is 1.27. The summed E-state index contributed by atoms with van der Waals surface area (Å²) in [6.45, 7) is 6.99. The van der Waals surface area contributed by atoms with E-state index in [1.165, 1.54) is 11.1 Å². The second kappa shape index (κ2) is 8.99. The monoisotopic (exact) mass is 239 g/mol. The van der Waals surface area contributed by atoms with E-state index in [-0.39, 0.29) is 5.97 Å². The molecule has 0 spiro atoms. The summed E-state index contributed by atoms with van der Waals surface area (Å²) in [4.78, 5) is 13.0. The van der Waals surface area contributed by atoms with Crippen molar-refractivity contribution in [2.75, 3.05) is 27.2 Å². The second-order valence-electron chi connectivity index (χ2n) is 4.79. The predicted octanol–water partition coefficient (Wildman–Crippen LogP) is 2.78.